The Balaban J connectivity index is 2.47. The van der Waals surface area contributed by atoms with Crippen LogP contribution in [0.2, 0.25) is 0 Å². The van der Waals surface area contributed by atoms with Gasteiger partial charge in [0.1, 0.15) is 5.75 Å². The van der Waals surface area contributed by atoms with Crippen molar-refractivity contribution in [2.24, 2.45) is 0 Å². The minimum absolute atomic E-state index is 0.0768. The second-order valence-corrected chi connectivity index (χ2v) is 6.98. The third kappa shape index (κ3) is 2.39. The zero-order valence-electron chi connectivity index (χ0n) is 11.0. The molecular weight excluding hydrogens is 294 g/mol. The van der Waals surface area contributed by atoms with Gasteiger partial charge in [-0.05, 0) is 38.3 Å². The van der Waals surface area contributed by atoms with E-state index in [0.717, 1.165) is 30.8 Å². The number of hydrogen-bond donors (Lipinski definition) is 0. The quantitative estimate of drug-likeness (QED) is 0.785. The van der Waals surface area contributed by atoms with Crippen molar-refractivity contribution in [2.75, 3.05) is 18.6 Å². The molecule has 0 aromatic heterocycles. The number of carbonyl (C=O) groups is 1. The molecule has 4 heteroatoms. The molecule has 2 rings (SSSR count). The highest BCUT2D eigenvalue weighted by atomic mass is 79.9. The predicted molar refractivity (Wildman–Crippen MR) is 76.7 cm³/mol. The summed E-state index contributed by atoms with van der Waals surface area (Å²) < 4.78 is 4.84. The lowest BCUT2D eigenvalue weighted by Crippen LogP contribution is -2.44. The normalized spacial score (nSPS) is 15.2. The summed E-state index contributed by atoms with van der Waals surface area (Å²) in [6.07, 6.45) is 1.99. The highest BCUT2D eigenvalue weighted by molar-refractivity contribution is 9.10. The molecule has 0 saturated heterocycles. The number of ether oxygens (including phenoxy) is 1. The summed E-state index contributed by atoms with van der Waals surface area (Å²) in [4.78, 5) is 14.3. The van der Waals surface area contributed by atoms with E-state index in [2.05, 4.69) is 22.0 Å². The van der Waals surface area contributed by atoms with Gasteiger partial charge in [-0.25, -0.2) is 0 Å². The maximum Gasteiger partial charge on any atom is 0.243 e. The topological polar surface area (TPSA) is 29.5 Å². The second kappa shape index (κ2) is 4.92. The molecule has 98 valence electrons. The lowest BCUT2D eigenvalue weighted by Gasteiger charge is -2.34. The van der Waals surface area contributed by atoms with Gasteiger partial charge in [0, 0.05) is 6.54 Å². The van der Waals surface area contributed by atoms with E-state index in [0.29, 0.717) is 0 Å². The Labute approximate surface area is 116 Å². The highest BCUT2D eigenvalue weighted by Gasteiger charge is 2.34. The minimum Gasteiger partial charge on any atom is -0.495 e. The molecule has 0 atom stereocenters. The Morgan fingerprint density at radius 2 is 2.17 bits per heavy atom. The van der Waals surface area contributed by atoms with E-state index in [-0.39, 0.29) is 5.91 Å². The smallest absolute Gasteiger partial charge is 0.243 e. The molecule has 1 aliphatic rings. The molecule has 1 aromatic carbocycles. The van der Waals surface area contributed by atoms with Gasteiger partial charge in [-0.2, -0.15) is 0 Å². The number of anilines is 1. The molecule has 18 heavy (non-hydrogen) atoms. The van der Waals surface area contributed by atoms with Crippen molar-refractivity contribution >= 4 is 27.5 Å². The number of hydrogen-bond acceptors (Lipinski definition) is 2. The molecule has 0 N–H and O–H groups in total. The lowest BCUT2D eigenvalue weighted by atomic mass is 9.99. The van der Waals surface area contributed by atoms with Crippen molar-refractivity contribution in [1.82, 2.24) is 0 Å². The second-order valence-electron chi connectivity index (χ2n) is 5.00. The molecule has 0 fully saturated rings. The van der Waals surface area contributed by atoms with E-state index in [1.165, 1.54) is 5.56 Å². The largest absolute Gasteiger partial charge is 0.495 e. The van der Waals surface area contributed by atoms with Crippen LogP contribution in [0.3, 0.4) is 0 Å². The van der Waals surface area contributed by atoms with Crippen molar-refractivity contribution in [3.8, 4) is 5.75 Å². The molecule has 1 aliphatic heterocycles. The van der Waals surface area contributed by atoms with E-state index >= 15 is 0 Å². The highest BCUT2D eigenvalue weighted by Crippen LogP contribution is 2.38. The first kappa shape index (κ1) is 13.4. The maximum atomic E-state index is 12.5. The number of amides is 1. The predicted octanol–water partition coefficient (Wildman–Crippen LogP) is 3.15. The summed E-state index contributed by atoms with van der Waals surface area (Å²) in [5, 5.41) is 0. The number of para-hydroxylation sites is 1. The van der Waals surface area contributed by atoms with Crippen LogP contribution in [0.4, 0.5) is 5.69 Å². The molecule has 1 aromatic rings. The Hall–Kier alpha value is -1.03. The summed E-state index contributed by atoms with van der Waals surface area (Å²) >= 11 is 3.45. The first-order valence-electron chi connectivity index (χ1n) is 6.12. The van der Waals surface area contributed by atoms with E-state index in [4.69, 9.17) is 4.74 Å². The Bertz CT molecular complexity index is 451. The monoisotopic (exact) mass is 311 g/mol. The van der Waals surface area contributed by atoms with Crippen LogP contribution >= 0.6 is 15.9 Å². The lowest BCUT2D eigenvalue weighted by molar-refractivity contribution is -0.120. The van der Waals surface area contributed by atoms with Crippen LogP contribution in [0.25, 0.3) is 0 Å². The average molecular weight is 312 g/mol. The van der Waals surface area contributed by atoms with E-state index in [1.54, 1.807) is 7.11 Å². The summed E-state index contributed by atoms with van der Waals surface area (Å²) in [7, 11) is 1.64. The number of methoxy groups -OCH3 is 1. The van der Waals surface area contributed by atoms with E-state index < -0.39 is 4.32 Å². The van der Waals surface area contributed by atoms with Crippen LogP contribution in [0.5, 0.6) is 5.75 Å². The zero-order chi connectivity index (χ0) is 13.3. The third-order valence-electron chi connectivity index (χ3n) is 3.15. The third-order valence-corrected chi connectivity index (χ3v) is 3.49. The van der Waals surface area contributed by atoms with Crippen molar-refractivity contribution in [3.63, 3.8) is 0 Å². The van der Waals surface area contributed by atoms with Gasteiger partial charge >= 0.3 is 0 Å². The van der Waals surface area contributed by atoms with Crippen LogP contribution in [-0.4, -0.2) is 23.9 Å². The van der Waals surface area contributed by atoms with Crippen LogP contribution in [0, 0.1) is 0 Å². The molecule has 1 heterocycles. The molecule has 3 nitrogen and oxygen atoms in total. The van der Waals surface area contributed by atoms with Gasteiger partial charge in [-0.3, -0.25) is 4.79 Å². The van der Waals surface area contributed by atoms with Gasteiger partial charge in [0.05, 0.1) is 17.1 Å². The zero-order valence-corrected chi connectivity index (χ0v) is 12.6. The maximum absolute atomic E-state index is 12.5. The van der Waals surface area contributed by atoms with Crippen LogP contribution in [-0.2, 0) is 11.2 Å². The standard InChI is InChI=1S/C14H18BrNO2/c1-14(2,15)13(17)16-9-5-7-10-6-4-8-11(18-3)12(10)16/h4,6,8H,5,7,9H2,1-3H3. The fourth-order valence-electron chi connectivity index (χ4n) is 2.30. The van der Waals surface area contributed by atoms with E-state index in [9.17, 15) is 4.79 Å². The van der Waals surface area contributed by atoms with Gasteiger partial charge in [0.2, 0.25) is 5.91 Å². The molecule has 0 radical (unpaired) electrons. The van der Waals surface area contributed by atoms with Crippen LogP contribution in [0.1, 0.15) is 25.8 Å². The number of carbonyl (C=O) groups excluding carboxylic acids is 1. The number of alkyl halides is 1. The molecule has 0 saturated carbocycles. The SMILES string of the molecule is COc1cccc2c1N(C(=O)C(C)(C)Br)CCC2. The number of nitrogens with zero attached hydrogens (tertiary/aromatic N) is 1. The van der Waals surface area contributed by atoms with Gasteiger partial charge in [-0.15, -0.1) is 0 Å². The molecule has 1 amide bonds. The number of halogens is 1. The number of rotatable bonds is 2. The molecule has 0 unspecified atom stereocenters. The average Bonchev–Trinajstić information content (AvgIpc) is 2.35. The summed E-state index contributed by atoms with van der Waals surface area (Å²) in [5.74, 6) is 0.852. The Morgan fingerprint density at radius 1 is 1.44 bits per heavy atom. The van der Waals surface area contributed by atoms with E-state index in [1.807, 2.05) is 30.9 Å². The van der Waals surface area contributed by atoms with Crippen LogP contribution < -0.4 is 9.64 Å². The van der Waals surface area contributed by atoms with Crippen molar-refractivity contribution in [1.29, 1.82) is 0 Å². The van der Waals surface area contributed by atoms with Crippen molar-refractivity contribution in [3.05, 3.63) is 23.8 Å². The van der Waals surface area contributed by atoms with Crippen molar-refractivity contribution < 1.29 is 9.53 Å². The summed E-state index contributed by atoms with van der Waals surface area (Å²) in [5.41, 5.74) is 2.12. The first-order valence-corrected chi connectivity index (χ1v) is 6.91. The van der Waals surface area contributed by atoms with Crippen molar-refractivity contribution in [2.45, 2.75) is 31.0 Å². The van der Waals surface area contributed by atoms with Gasteiger partial charge in [0.15, 0.2) is 0 Å². The summed E-state index contributed by atoms with van der Waals surface area (Å²) in [6.45, 7) is 4.50. The fraction of sp³-hybridized carbons (Fsp3) is 0.500. The number of benzene rings is 1. The van der Waals surface area contributed by atoms with Gasteiger partial charge < -0.3 is 9.64 Å². The minimum atomic E-state index is -0.553. The molecule has 0 bridgehead atoms. The first-order chi connectivity index (χ1) is 8.45. The molecule has 0 aliphatic carbocycles. The summed E-state index contributed by atoms with van der Waals surface area (Å²) in [6, 6.07) is 5.95. The molecule has 0 spiro atoms. The Morgan fingerprint density at radius 3 is 2.78 bits per heavy atom. The molecular formula is C14H18BrNO2. The Kier molecular flexibility index (Phi) is 3.66. The van der Waals surface area contributed by atoms with Gasteiger partial charge in [-0.1, -0.05) is 28.1 Å². The fourth-order valence-corrected chi connectivity index (χ4v) is 2.52. The van der Waals surface area contributed by atoms with Crippen LogP contribution in [0.15, 0.2) is 18.2 Å². The number of fused-ring (bicyclic) bond motifs is 1. The number of aryl methyl sites for hydroxylation is 1. The van der Waals surface area contributed by atoms with Gasteiger partial charge in [0.25, 0.3) is 0 Å².